The molecule has 1 unspecified atom stereocenters. The third-order valence-corrected chi connectivity index (χ3v) is 3.53. The highest BCUT2D eigenvalue weighted by Gasteiger charge is 2.14. The number of methoxy groups -OCH3 is 1. The first kappa shape index (κ1) is 15.4. The van der Waals surface area contributed by atoms with E-state index in [-0.39, 0.29) is 6.04 Å². The maximum atomic E-state index is 5.78. The van der Waals surface area contributed by atoms with E-state index < -0.39 is 0 Å². The first-order chi connectivity index (χ1) is 10.2. The number of benzene rings is 2. The second kappa shape index (κ2) is 7.70. The standard InChI is InChI=1S/C18H23NO2/c1-14-9-10-18(20-3)16(13-14)17(19-2)11-12-21-15-7-5-4-6-8-15/h4-10,13,17,19H,11-12H2,1-3H3. The minimum absolute atomic E-state index is 0.212. The van der Waals surface area contributed by atoms with E-state index in [1.807, 2.05) is 43.4 Å². The summed E-state index contributed by atoms with van der Waals surface area (Å²) in [4.78, 5) is 0. The van der Waals surface area contributed by atoms with Crippen molar-refractivity contribution in [1.82, 2.24) is 5.32 Å². The van der Waals surface area contributed by atoms with Gasteiger partial charge in [0.1, 0.15) is 11.5 Å². The van der Waals surface area contributed by atoms with Gasteiger partial charge < -0.3 is 14.8 Å². The SMILES string of the molecule is CNC(CCOc1ccccc1)c1cc(C)ccc1OC. The first-order valence-electron chi connectivity index (χ1n) is 7.24. The number of rotatable bonds is 7. The molecule has 0 saturated carbocycles. The highest BCUT2D eigenvalue weighted by Crippen LogP contribution is 2.28. The van der Waals surface area contributed by atoms with Gasteiger partial charge in [0.05, 0.1) is 13.7 Å². The normalized spacial score (nSPS) is 12.0. The molecular formula is C18H23NO2. The average Bonchev–Trinajstić information content (AvgIpc) is 2.52. The molecule has 0 aromatic heterocycles. The fourth-order valence-electron chi connectivity index (χ4n) is 2.39. The Hall–Kier alpha value is -2.00. The van der Waals surface area contributed by atoms with E-state index in [4.69, 9.17) is 9.47 Å². The van der Waals surface area contributed by atoms with Crippen LogP contribution in [0.3, 0.4) is 0 Å². The van der Waals surface area contributed by atoms with Gasteiger partial charge in [0.25, 0.3) is 0 Å². The molecule has 1 N–H and O–H groups in total. The van der Waals surface area contributed by atoms with Crippen LogP contribution in [0.5, 0.6) is 11.5 Å². The zero-order chi connectivity index (χ0) is 15.1. The second-order valence-electron chi connectivity index (χ2n) is 5.04. The molecular weight excluding hydrogens is 262 g/mol. The predicted octanol–water partition coefficient (Wildman–Crippen LogP) is 3.73. The zero-order valence-corrected chi connectivity index (χ0v) is 12.9. The van der Waals surface area contributed by atoms with Gasteiger partial charge in [-0.2, -0.15) is 0 Å². The minimum Gasteiger partial charge on any atom is -0.496 e. The largest absolute Gasteiger partial charge is 0.496 e. The van der Waals surface area contributed by atoms with Crippen LogP contribution in [0.4, 0.5) is 0 Å². The molecule has 0 aliphatic heterocycles. The molecule has 0 heterocycles. The molecule has 0 aliphatic carbocycles. The summed E-state index contributed by atoms with van der Waals surface area (Å²) < 4.78 is 11.2. The van der Waals surface area contributed by atoms with Crippen molar-refractivity contribution in [3.05, 3.63) is 59.7 Å². The predicted molar refractivity (Wildman–Crippen MR) is 86.1 cm³/mol. The van der Waals surface area contributed by atoms with E-state index in [9.17, 15) is 0 Å². The summed E-state index contributed by atoms with van der Waals surface area (Å²) in [6, 6.07) is 16.4. The summed E-state index contributed by atoms with van der Waals surface area (Å²) in [7, 11) is 3.68. The van der Waals surface area contributed by atoms with Crippen LogP contribution in [-0.4, -0.2) is 20.8 Å². The van der Waals surface area contributed by atoms with Crippen LogP contribution in [0.1, 0.15) is 23.6 Å². The molecule has 21 heavy (non-hydrogen) atoms. The van der Waals surface area contributed by atoms with Crippen molar-refractivity contribution >= 4 is 0 Å². The van der Waals surface area contributed by atoms with Gasteiger partial charge in [-0.15, -0.1) is 0 Å². The van der Waals surface area contributed by atoms with Crippen LogP contribution < -0.4 is 14.8 Å². The first-order valence-corrected chi connectivity index (χ1v) is 7.24. The third kappa shape index (κ3) is 4.23. The maximum Gasteiger partial charge on any atom is 0.123 e. The summed E-state index contributed by atoms with van der Waals surface area (Å²) in [5.41, 5.74) is 2.41. The van der Waals surface area contributed by atoms with E-state index >= 15 is 0 Å². The van der Waals surface area contributed by atoms with Crippen LogP contribution in [-0.2, 0) is 0 Å². The summed E-state index contributed by atoms with van der Waals surface area (Å²) in [6.07, 6.45) is 0.880. The maximum absolute atomic E-state index is 5.78. The van der Waals surface area contributed by atoms with Gasteiger partial charge in [0.2, 0.25) is 0 Å². The Morgan fingerprint density at radius 2 is 1.86 bits per heavy atom. The van der Waals surface area contributed by atoms with Crippen LogP contribution in [0.25, 0.3) is 0 Å². The van der Waals surface area contributed by atoms with Crippen LogP contribution in [0.15, 0.2) is 48.5 Å². The average molecular weight is 285 g/mol. The quantitative estimate of drug-likeness (QED) is 0.840. The molecule has 0 radical (unpaired) electrons. The summed E-state index contributed by atoms with van der Waals surface area (Å²) in [6.45, 7) is 2.75. The Kier molecular flexibility index (Phi) is 5.64. The fraction of sp³-hybridized carbons (Fsp3) is 0.333. The molecule has 2 rings (SSSR count). The van der Waals surface area contributed by atoms with E-state index in [1.165, 1.54) is 11.1 Å². The van der Waals surface area contributed by atoms with Crippen molar-refractivity contribution in [1.29, 1.82) is 0 Å². The number of hydrogen-bond acceptors (Lipinski definition) is 3. The molecule has 2 aromatic carbocycles. The number of ether oxygens (including phenoxy) is 2. The lowest BCUT2D eigenvalue weighted by Gasteiger charge is -2.20. The lowest BCUT2D eigenvalue weighted by molar-refractivity contribution is 0.287. The highest BCUT2D eigenvalue weighted by atomic mass is 16.5. The number of aryl methyl sites for hydroxylation is 1. The molecule has 0 bridgehead atoms. The topological polar surface area (TPSA) is 30.5 Å². The number of nitrogens with one attached hydrogen (secondary N) is 1. The summed E-state index contributed by atoms with van der Waals surface area (Å²) in [5, 5.41) is 3.35. The van der Waals surface area contributed by atoms with Crippen molar-refractivity contribution in [3.8, 4) is 11.5 Å². The summed E-state index contributed by atoms with van der Waals surface area (Å²) in [5.74, 6) is 1.82. The van der Waals surface area contributed by atoms with Gasteiger partial charge >= 0.3 is 0 Å². The van der Waals surface area contributed by atoms with Crippen molar-refractivity contribution in [2.45, 2.75) is 19.4 Å². The van der Waals surface area contributed by atoms with Gasteiger partial charge in [0, 0.05) is 18.0 Å². The Morgan fingerprint density at radius 3 is 2.52 bits per heavy atom. The third-order valence-electron chi connectivity index (χ3n) is 3.53. The highest BCUT2D eigenvalue weighted by molar-refractivity contribution is 5.39. The van der Waals surface area contributed by atoms with Crippen molar-refractivity contribution in [2.24, 2.45) is 0 Å². The molecule has 0 saturated heterocycles. The number of hydrogen-bond donors (Lipinski definition) is 1. The van der Waals surface area contributed by atoms with Crippen molar-refractivity contribution in [2.75, 3.05) is 20.8 Å². The minimum atomic E-state index is 0.212. The van der Waals surface area contributed by atoms with Crippen LogP contribution >= 0.6 is 0 Å². The molecule has 1 atom stereocenters. The van der Waals surface area contributed by atoms with Crippen LogP contribution in [0.2, 0.25) is 0 Å². The Bertz CT molecular complexity index is 554. The Labute approximate surface area is 126 Å². The molecule has 3 nitrogen and oxygen atoms in total. The summed E-state index contributed by atoms with van der Waals surface area (Å²) >= 11 is 0. The number of para-hydroxylation sites is 1. The van der Waals surface area contributed by atoms with Gasteiger partial charge in [-0.3, -0.25) is 0 Å². The van der Waals surface area contributed by atoms with Gasteiger partial charge in [-0.1, -0.05) is 35.9 Å². The molecule has 2 aromatic rings. The molecule has 0 spiro atoms. The monoisotopic (exact) mass is 285 g/mol. The lowest BCUT2D eigenvalue weighted by atomic mass is 10.0. The Balaban J connectivity index is 2.01. The lowest BCUT2D eigenvalue weighted by Crippen LogP contribution is -2.20. The van der Waals surface area contributed by atoms with E-state index in [0.717, 1.165) is 17.9 Å². The van der Waals surface area contributed by atoms with E-state index in [1.54, 1.807) is 7.11 Å². The second-order valence-corrected chi connectivity index (χ2v) is 5.04. The molecule has 0 fully saturated rings. The fourth-order valence-corrected chi connectivity index (χ4v) is 2.39. The molecule has 0 aliphatic rings. The van der Waals surface area contributed by atoms with Crippen molar-refractivity contribution in [3.63, 3.8) is 0 Å². The van der Waals surface area contributed by atoms with Gasteiger partial charge in [-0.05, 0) is 32.2 Å². The van der Waals surface area contributed by atoms with E-state index in [2.05, 4.69) is 24.4 Å². The van der Waals surface area contributed by atoms with Gasteiger partial charge in [-0.25, -0.2) is 0 Å². The van der Waals surface area contributed by atoms with Crippen molar-refractivity contribution < 1.29 is 9.47 Å². The smallest absolute Gasteiger partial charge is 0.123 e. The van der Waals surface area contributed by atoms with Gasteiger partial charge in [0.15, 0.2) is 0 Å². The molecule has 3 heteroatoms. The molecule has 0 amide bonds. The van der Waals surface area contributed by atoms with Crippen LogP contribution in [0, 0.1) is 6.92 Å². The molecule has 112 valence electrons. The van der Waals surface area contributed by atoms with E-state index in [0.29, 0.717) is 6.61 Å². The zero-order valence-electron chi connectivity index (χ0n) is 12.9. The Morgan fingerprint density at radius 1 is 1.10 bits per heavy atom.